The van der Waals surface area contributed by atoms with Crippen molar-refractivity contribution in [3.63, 3.8) is 0 Å². The molecule has 0 radical (unpaired) electrons. The van der Waals surface area contributed by atoms with E-state index in [1.807, 2.05) is 0 Å². The van der Waals surface area contributed by atoms with Crippen molar-refractivity contribution in [2.75, 3.05) is 7.11 Å². The van der Waals surface area contributed by atoms with Crippen LogP contribution in [0.15, 0.2) is 33.2 Å². The van der Waals surface area contributed by atoms with Crippen molar-refractivity contribution in [3.8, 4) is 11.1 Å². The molecule has 0 saturated carbocycles. The second-order valence-electron chi connectivity index (χ2n) is 5.55. The lowest BCUT2D eigenvalue weighted by atomic mass is 10.1. The van der Waals surface area contributed by atoms with Gasteiger partial charge in [0.25, 0.3) is 5.56 Å². The third-order valence-electron chi connectivity index (χ3n) is 3.94. The smallest absolute Gasteiger partial charge is 0.329 e. The van der Waals surface area contributed by atoms with Gasteiger partial charge < -0.3 is 4.74 Å². The molecule has 3 rings (SSSR count). The highest BCUT2D eigenvalue weighted by molar-refractivity contribution is 7.17. The van der Waals surface area contributed by atoms with Crippen molar-refractivity contribution in [2.45, 2.75) is 19.4 Å². The Balaban J connectivity index is 2.06. The van der Waals surface area contributed by atoms with Gasteiger partial charge in [-0.2, -0.15) is 0 Å². The number of carbonyl (C=O) groups is 1. The number of thiophene rings is 1. The number of esters is 1. The lowest BCUT2D eigenvalue weighted by molar-refractivity contribution is -0.140. The predicted octanol–water partition coefficient (Wildman–Crippen LogP) is 3.68. The highest BCUT2D eigenvalue weighted by Crippen LogP contribution is 2.33. The monoisotopic (exact) mass is 412 g/mol. The zero-order valence-corrected chi connectivity index (χ0v) is 16.0. The van der Waals surface area contributed by atoms with Crippen LogP contribution in [0.3, 0.4) is 0 Å². The minimum absolute atomic E-state index is 0.121. The van der Waals surface area contributed by atoms with Gasteiger partial charge in [-0.3, -0.25) is 19.1 Å². The van der Waals surface area contributed by atoms with Crippen molar-refractivity contribution in [1.82, 2.24) is 9.55 Å². The largest absolute Gasteiger partial charge is 0.469 e. The molecule has 9 heteroatoms. The Morgan fingerprint density at radius 3 is 2.73 bits per heavy atom. The van der Waals surface area contributed by atoms with Gasteiger partial charge in [0.05, 0.1) is 22.5 Å². The minimum atomic E-state index is -0.505. The number of methoxy groups -OCH3 is 1. The molecule has 0 fully saturated rings. The quantitative estimate of drug-likeness (QED) is 0.647. The number of H-pyrrole nitrogens is 1. The van der Waals surface area contributed by atoms with Crippen LogP contribution >= 0.6 is 34.5 Å². The second-order valence-corrected chi connectivity index (χ2v) is 7.24. The summed E-state index contributed by atoms with van der Waals surface area (Å²) >= 11 is 13.3. The number of fused-ring (bicyclic) bond motifs is 1. The normalized spacial score (nSPS) is 11.0. The maximum atomic E-state index is 12.9. The topological polar surface area (TPSA) is 81.2 Å². The Kier molecular flexibility index (Phi) is 5.50. The van der Waals surface area contributed by atoms with E-state index >= 15 is 0 Å². The number of aromatic nitrogens is 2. The zero-order chi connectivity index (χ0) is 18.8. The Labute approximate surface area is 161 Å². The summed E-state index contributed by atoms with van der Waals surface area (Å²) in [5, 5.41) is 3.00. The second kappa shape index (κ2) is 7.65. The molecule has 0 amide bonds. The Morgan fingerprint density at radius 2 is 2.04 bits per heavy atom. The molecule has 0 atom stereocenters. The van der Waals surface area contributed by atoms with E-state index < -0.39 is 11.2 Å². The fourth-order valence-corrected chi connectivity index (χ4v) is 3.87. The van der Waals surface area contributed by atoms with Crippen LogP contribution in [0.2, 0.25) is 10.0 Å². The van der Waals surface area contributed by atoms with Crippen LogP contribution in [-0.4, -0.2) is 22.6 Å². The summed E-state index contributed by atoms with van der Waals surface area (Å²) in [5.41, 5.74) is 0.494. The number of nitrogens with one attached hydrogen (secondary N) is 1. The van der Waals surface area contributed by atoms with Crippen LogP contribution in [0.4, 0.5) is 0 Å². The lowest BCUT2D eigenvalue weighted by Crippen LogP contribution is -2.35. The van der Waals surface area contributed by atoms with Gasteiger partial charge in [0, 0.05) is 23.9 Å². The summed E-state index contributed by atoms with van der Waals surface area (Å²) < 4.78 is 5.67. The van der Waals surface area contributed by atoms with Crippen molar-refractivity contribution >= 4 is 50.7 Å². The highest BCUT2D eigenvalue weighted by atomic mass is 35.5. The molecule has 0 aliphatic rings. The first-order valence-corrected chi connectivity index (χ1v) is 9.32. The highest BCUT2D eigenvalue weighted by Gasteiger charge is 2.16. The average Bonchev–Trinajstić information content (AvgIpc) is 3.03. The van der Waals surface area contributed by atoms with Gasteiger partial charge in [0.2, 0.25) is 0 Å². The molecule has 0 aliphatic carbocycles. The van der Waals surface area contributed by atoms with Gasteiger partial charge in [0.15, 0.2) is 0 Å². The average molecular weight is 413 g/mol. The van der Waals surface area contributed by atoms with Gasteiger partial charge in [-0.15, -0.1) is 11.3 Å². The van der Waals surface area contributed by atoms with Gasteiger partial charge in [-0.05, 0) is 24.1 Å². The summed E-state index contributed by atoms with van der Waals surface area (Å²) in [6.45, 7) is 0.121. The van der Waals surface area contributed by atoms with Crippen LogP contribution in [-0.2, 0) is 16.1 Å². The van der Waals surface area contributed by atoms with Gasteiger partial charge in [-0.25, -0.2) is 4.79 Å². The fourth-order valence-electron chi connectivity index (χ4n) is 2.62. The van der Waals surface area contributed by atoms with Crippen LogP contribution in [0.25, 0.3) is 21.3 Å². The number of hydrogen-bond donors (Lipinski definition) is 1. The van der Waals surface area contributed by atoms with Crippen molar-refractivity contribution in [2.24, 2.45) is 0 Å². The maximum Gasteiger partial charge on any atom is 0.329 e. The van der Waals surface area contributed by atoms with E-state index in [1.54, 1.807) is 23.6 Å². The first-order chi connectivity index (χ1) is 12.4. The van der Waals surface area contributed by atoms with Crippen LogP contribution in [0.1, 0.15) is 12.8 Å². The van der Waals surface area contributed by atoms with Gasteiger partial charge in [0.1, 0.15) is 4.83 Å². The van der Waals surface area contributed by atoms with E-state index in [1.165, 1.54) is 18.4 Å². The van der Waals surface area contributed by atoms with Crippen LogP contribution < -0.4 is 11.2 Å². The van der Waals surface area contributed by atoms with E-state index in [4.69, 9.17) is 23.2 Å². The standard InChI is InChI=1S/C17H14Cl2N2O4S/c1-25-13(22)3-2-6-21-16(23)14-10(8-26-15(14)20-17(21)24)9-4-5-11(18)12(19)7-9/h4-5,7-8H,2-3,6H2,1H3,(H,20,24). The summed E-state index contributed by atoms with van der Waals surface area (Å²) in [7, 11) is 1.29. The summed E-state index contributed by atoms with van der Waals surface area (Å²) in [5.74, 6) is -0.386. The van der Waals surface area contributed by atoms with Gasteiger partial charge in [-0.1, -0.05) is 29.3 Å². The number of halogens is 2. The Hall–Kier alpha value is -2.09. The number of aromatic amines is 1. The molecule has 0 aliphatic heterocycles. The minimum Gasteiger partial charge on any atom is -0.469 e. The molecule has 3 aromatic rings. The molecular formula is C17H14Cl2N2O4S. The summed E-state index contributed by atoms with van der Waals surface area (Å²) in [6.07, 6.45) is 0.455. The summed E-state index contributed by atoms with van der Waals surface area (Å²) in [4.78, 5) is 39.5. The van der Waals surface area contributed by atoms with Crippen molar-refractivity contribution in [1.29, 1.82) is 0 Å². The van der Waals surface area contributed by atoms with E-state index in [9.17, 15) is 14.4 Å². The van der Waals surface area contributed by atoms with Crippen molar-refractivity contribution < 1.29 is 9.53 Å². The molecule has 136 valence electrons. The lowest BCUT2D eigenvalue weighted by Gasteiger charge is -2.06. The molecule has 0 spiro atoms. The number of ether oxygens (including phenoxy) is 1. The number of hydrogen-bond acceptors (Lipinski definition) is 5. The molecule has 2 heterocycles. The van der Waals surface area contributed by atoms with Gasteiger partial charge >= 0.3 is 11.7 Å². The molecular weight excluding hydrogens is 399 g/mol. The maximum absolute atomic E-state index is 12.9. The Bertz CT molecular complexity index is 1100. The SMILES string of the molecule is COC(=O)CCCn1c(=O)[nH]c2scc(-c3ccc(Cl)c(Cl)c3)c2c1=O. The predicted molar refractivity (Wildman–Crippen MR) is 103 cm³/mol. The van der Waals surface area contributed by atoms with E-state index in [0.717, 1.165) is 10.1 Å². The molecule has 2 aromatic heterocycles. The Morgan fingerprint density at radius 1 is 1.27 bits per heavy atom. The third-order valence-corrected chi connectivity index (χ3v) is 5.57. The first kappa shape index (κ1) is 18.7. The molecule has 0 unspecified atom stereocenters. The van der Waals surface area contributed by atoms with Crippen LogP contribution in [0, 0.1) is 0 Å². The number of nitrogens with zero attached hydrogens (tertiary/aromatic N) is 1. The first-order valence-electron chi connectivity index (χ1n) is 7.69. The van der Waals surface area contributed by atoms with E-state index in [2.05, 4.69) is 9.72 Å². The number of benzene rings is 1. The number of carbonyl (C=O) groups excluding carboxylic acids is 1. The fraction of sp³-hybridized carbons (Fsp3) is 0.235. The molecule has 26 heavy (non-hydrogen) atoms. The van der Waals surface area contributed by atoms with Crippen LogP contribution in [0.5, 0.6) is 0 Å². The third kappa shape index (κ3) is 3.56. The molecule has 0 bridgehead atoms. The zero-order valence-electron chi connectivity index (χ0n) is 13.7. The molecule has 1 N–H and O–H groups in total. The molecule has 0 saturated heterocycles. The van der Waals surface area contributed by atoms with E-state index in [-0.39, 0.29) is 18.9 Å². The van der Waals surface area contributed by atoms with E-state index in [0.29, 0.717) is 32.2 Å². The number of rotatable bonds is 5. The van der Waals surface area contributed by atoms with Crippen molar-refractivity contribution in [3.05, 3.63) is 54.5 Å². The summed E-state index contributed by atoms with van der Waals surface area (Å²) in [6, 6.07) is 5.10. The molecule has 6 nitrogen and oxygen atoms in total. The molecule has 1 aromatic carbocycles.